The van der Waals surface area contributed by atoms with E-state index in [1.807, 2.05) is 60.0 Å². The number of thiazole rings is 1. The topological polar surface area (TPSA) is 76.8 Å². The van der Waals surface area contributed by atoms with E-state index in [9.17, 15) is 9.18 Å². The van der Waals surface area contributed by atoms with Gasteiger partial charge in [0.25, 0.3) is 0 Å². The van der Waals surface area contributed by atoms with Crippen LogP contribution in [0.25, 0.3) is 16.9 Å². The van der Waals surface area contributed by atoms with Crippen LogP contribution in [0.4, 0.5) is 9.52 Å². The highest BCUT2D eigenvalue weighted by molar-refractivity contribution is 7.14. The maximum absolute atomic E-state index is 13.4. The first-order valence-corrected chi connectivity index (χ1v) is 11.4. The molecular weight excluding hydrogens is 451 g/mol. The van der Waals surface area contributed by atoms with Crippen molar-refractivity contribution < 1.29 is 9.18 Å². The number of hydrogen-bond acceptors (Lipinski definition) is 6. The van der Waals surface area contributed by atoms with Gasteiger partial charge in [0.05, 0.1) is 24.3 Å². The summed E-state index contributed by atoms with van der Waals surface area (Å²) in [6.07, 6.45) is 1.73. The van der Waals surface area contributed by atoms with E-state index in [0.717, 1.165) is 22.4 Å². The predicted molar refractivity (Wildman–Crippen MR) is 128 cm³/mol. The lowest BCUT2D eigenvalue weighted by Crippen LogP contribution is -2.31. The van der Waals surface area contributed by atoms with E-state index in [2.05, 4.69) is 15.5 Å². The normalized spacial score (nSPS) is 10.9. The zero-order valence-corrected chi connectivity index (χ0v) is 18.8. The number of benzene rings is 3. The Morgan fingerprint density at radius 3 is 2.41 bits per heavy atom. The number of carbonyl (C=O) groups excluding carboxylic acids is 1. The fourth-order valence-corrected chi connectivity index (χ4v) is 4.34. The smallest absolute Gasteiger partial charge is 0.233 e. The molecule has 0 bridgehead atoms. The molecule has 0 aliphatic heterocycles. The quantitative estimate of drug-likeness (QED) is 0.345. The summed E-state index contributed by atoms with van der Waals surface area (Å²) in [6, 6.07) is 23.5. The highest BCUT2D eigenvalue weighted by Gasteiger charge is 2.20. The molecular formula is C25H19FN6OS. The van der Waals surface area contributed by atoms with E-state index in [0.29, 0.717) is 17.4 Å². The number of rotatable bonds is 7. The number of amides is 1. The molecule has 7 nitrogen and oxygen atoms in total. The second-order valence-electron chi connectivity index (χ2n) is 7.59. The van der Waals surface area contributed by atoms with E-state index >= 15 is 0 Å². The van der Waals surface area contributed by atoms with E-state index in [1.54, 1.807) is 21.7 Å². The zero-order chi connectivity index (χ0) is 23.3. The lowest BCUT2D eigenvalue weighted by atomic mass is 10.1. The van der Waals surface area contributed by atoms with Crippen molar-refractivity contribution in [2.75, 3.05) is 4.90 Å². The van der Waals surface area contributed by atoms with Gasteiger partial charge in [0.15, 0.2) is 5.13 Å². The Balaban J connectivity index is 1.39. The average molecular weight is 471 g/mol. The van der Waals surface area contributed by atoms with Crippen LogP contribution in [0.3, 0.4) is 0 Å². The van der Waals surface area contributed by atoms with Gasteiger partial charge in [-0.1, -0.05) is 42.5 Å². The number of nitrogens with zero attached hydrogens (tertiary/aromatic N) is 6. The molecule has 0 N–H and O–H groups in total. The Kier molecular flexibility index (Phi) is 6.17. The third-order valence-electron chi connectivity index (χ3n) is 5.25. The Labute approximate surface area is 199 Å². The van der Waals surface area contributed by atoms with Crippen molar-refractivity contribution in [1.29, 1.82) is 0 Å². The fourth-order valence-electron chi connectivity index (χ4n) is 3.49. The van der Waals surface area contributed by atoms with Crippen LogP contribution in [0, 0.1) is 5.82 Å². The van der Waals surface area contributed by atoms with Crippen molar-refractivity contribution in [2.24, 2.45) is 0 Å². The van der Waals surface area contributed by atoms with Crippen LogP contribution in [0.1, 0.15) is 11.1 Å². The van der Waals surface area contributed by atoms with Crippen molar-refractivity contribution >= 4 is 22.4 Å². The summed E-state index contributed by atoms with van der Waals surface area (Å²) in [7, 11) is 0. The van der Waals surface area contributed by atoms with Crippen molar-refractivity contribution in [2.45, 2.75) is 13.0 Å². The van der Waals surface area contributed by atoms with Crippen LogP contribution in [0.15, 0.2) is 90.6 Å². The minimum Gasteiger partial charge on any atom is -0.283 e. The van der Waals surface area contributed by atoms with Gasteiger partial charge in [-0.25, -0.2) is 14.1 Å². The molecule has 0 atom stereocenters. The summed E-state index contributed by atoms with van der Waals surface area (Å²) < 4.78 is 14.9. The maximum Gasteiger partial charge on any atom is 0.233 e. The van der Waals surface area contributed by atoms with Gasteiger partial charge in [-0.3, -0.25) is 9.69 Å². The van der Waals surface area contributed by atoms with E-state index < -0.39 is 0 Å². The molecule has 2 aromatic heterocycles. The molecule has 34 heavy (non-hydrogen) atoms. The number of tetrazole rings is 1. The second kappa shape index (κ2) is 9.72. The molecule has 0 aliphatic rings. The fraction of sp³-hybridized carbons (Fsp3) is 0.0800. The van der Waals surface area contributed by atoms with Gasteiger partial charge in [-0.15, -0.1) is 16.4 Å². The van der Waals surface area contributed by atoms with Crippen molar-refractivity contribution in [3.63, 3.8) is 0 Å². The summed E-state index contributed by atoms with van der Waals surface area (Å²) in [5, 5.41) is 13.6. The van der Waals surface area contributed by atoms with E-state index in [4.69, 9.17) is 4.98 Å². The lowest BCUT2D eigenvalue weighted by molar-refractivity contribution is -0.118. The summed E-state index contributed by atoms with van der Waals surface area (Å²) in [4.78, 5) is 19.8. The molecule has 2 heterocycles. The molecule has 168 valence electrons. The van der Waals surface area contributed by atoms with Crippen molar-refractivity contribution in [3.8, 4) is 16.9 Å². The number of hydrogen-bond donors (Lipinski definition) is 0. The number of carbonyl (C=O) groups is 1. The highest BCUT2D eigenvalue weighted by atomic mass is 32.1. The van der Waals surface area contributed by atoms with Crippen molar-refractivity contribution in [1.82, 2.24) is 25.2 Å². The largest absolute Gasteiger partial charge is 0.283 e. The molecule has 1 amide bonds. The summed E-state index contributed by atoms with van der Waals surface area (Å²) >= 11 is 1.39. The molecule has 5 rings (SSSR count). The highest BCUT2D eigenvalue weighted by Crippen LogP contribution is 2.29. The zero-order valence-electron chi connectivity index (χ0n) is 18.0. The Morgan fingerprint density at radius 1 is 0.941 bits per heavy atom. The first-order chi connectivity index (χ1) is 16.7. The Morgan fingerprint density at radius 2 is 1.71 bits per heavy atom. The van der Waals surface area contributed by atoms with Gasteiger partial charge in [0, 0.05) is 10.9 Å². The van der Waals surface area contributed by atoms with Crippen LogP contribution in [-0.2, 0) is 17.8 Å². The summed E-state index contributed by atoms with van der Waals surface area (Å²) in [6.45, 7) is 0.402. The first kappa shape index (κ1) is 21.6. The third-order valence-corrected chi connectivity index (χ3v) is 6.12. The predicted octanol–water partition coefficient (Wildman–Crippen LogP) is 4.70. The van der Waals surface area contributed by atoms with Gasteiger partial charge in [-0.05, 0) is 58.0 Å². The SMILES string of the molecule is O=C(Cc1ccc(-n2cnnn2)cc1)N(Cc1ccccc1)c1nc(-c2ccc(F)cc2)cs1. The third kappa shape index (κ3) is 4.89. The molecule has 5 aromatic rings. The van der Waals surface area contributed by atoms with E-state index in [1.165, 1.54) is 29.8 Å². The van der Waals surface area contributed by atoms with E-state index in [-0.39, 0.29) is 18.1 Å². The molecule has 0 spiro atoms. The van der Waals surface area contributed by atoms with Crippen LogP contribution in [0.2, 0.25) is 0 Å². The van der Waals surface area contributed by atoms with Gasteiger partial charge in [0.1, 0.15) is 12.1 Å². The van der Waals surface area contributed by atoms with Crippen LogP contribution in [0.5, 0.6) is 0 Å². The van der Waals surface area contributed by atoms with Gasteiger partial charge in [-0.2, -0.15) is 0 Å². The number of anilines is 1. The molecule has 0 saturated heterocycles. The molecule has 9 heteroatoms. The van der Waals surface area contributed by atoms with Gasteiger partial charge >= 0.3 is 0 Å². The van der Waals surface area contributed by atoms with Gasteiger partial charge in [0.2, 0.25) is 5.91 Å². The molecule has 0 saturated carbocycles. The maximum atomic E-state index is 13.4. The van der Waals surface area contributed by atoms with Crippen LogP contribution in [-0.4, -0.2) is 31.1 Å². The number of aromatic nitrogens is 5. The molecule has 0 fully saturated rings. The lowest BCUT2D eigenvalue weighted by Gasteiger charge is -2.20. The standard InChI is InChI=1S/C25H19FN6OS/c26-21-10-8-20(9-11-21)23-16-34-25(28-23)31(15-19-4-2-1-3-5-19)24(33)14-18-6-12-22(13-7-18)32-17-27-29-30-32/h1-13,16-17H,14-15H2. The monoisotopic (exact) mass is 470 g/mol. The van der Waals surface area contributed by atoms with Crippen LogP contribution < -0.4 is 4.90 Å². The molecule has 0 unspecified atom stereocenters. The first-order valence-electron chi connectivity index (χ1n) is 10.5. The minimum absolute atomic E-state index is 0.0703. The Hall–Kier alpha value is -4.24. The minimum atomic E-state index is -0.300. The van der Waals surface area contributed by atoms with Crippen LogP contribution >= 0.6 is 11.3 Å². The van der Waals surface area contributed by atoms with Gasteiger partial charge < -0.3 is 0 Å². The average Bonchev–Trinajstić information content (AvgIpc) is 3.57. The van der Waals surface area contributed by atoms with Crippen molar-refractivity contribution in [3.05, 3.63) is 108 Å². The Bertz CT molecular complexity index is 1370. The number of halogens is 1. The molecule has 0 aliphatic carbocycles. The summed E-state index contributed by atoms with van der Waals surface area (Å²) in [5.74, 6) is -0.370. The molecule has 3 aromatic carbocycles. The second-order valence-corrected chi connectivity index (χ2v) is 8.42. The molecule has 0 radical (unpaired) electrons. The summed E-state index contributed by atoms with van der Waals surface area (Å²) in [5.41, 5.74) is 4.19.